The molecule has 0 bridgehead atoms. The Balaban J connectivity index is 1.75. The Morgan fingerprint density at radius 1 is 1.28 bits per heavy atom. The molecule has 0 amide bonds. The Morgan fingerprint density at radius 3 is 2.72 bits per heavy atom. The summed E-state index contributed by atoms with van der Waals surface area (Å²) in [6.07, 6.45) is 3.26. The number of hydrogen-bond acceptors (Lipinski definition) is 3. The standard InChI is InChI=1S/C15H23NO2/c1-13(17)14-7-2-3-8-15(14)18-12-6-11-16-9-4-5-10-16/h2-3,7-8,13,17H,4-6,9-12H2,1H3/t13-/m0/s1. The molecule has 1 aromatic rings. The molecule has 3 nitrogen and oxygen atoms in total. The van der Waals surface area contributed by atoms with E-state index in [-0.39, 0.29) is 0 Å². The number of aliphatic hydroxyl groups is 1. The van der Waals surface area contributed by atoms with Crippen LogP contribution < -0.4 is 4.74 Å². The van der Waals surface area contributed by atoms with Crippen LogP contribution in [0.4, 0.5) is 0 Å². The van der Waals surface area contributed by atoms with Crippen LogP contribution in [0, 0.1) is 0 Å². The van der Waals surface area contributed by atoms with Crippen molar-refractivity contribution >= 4 is 0 Å². The Hall–Kier alpha value is -1.06. The van der Waals surface area contributed by atoms with E-state index >= 15 is 0 Å². The molecule has 1 atom stereocenters. The van der Waals surface area contributed by atoms with Crippen LogP contribution in [-0.2, 0) is 0 Å². The topological polar surface area (TPSA) is 32.7 Å². The van der Waals surface area contributed by atoms with Crippen LogP contribution in [0.3, 0.4) is 0 Å². The lowest BCUT2D eigenvalue weighted by molar-refractivity contribution is 0.189. The van der Waals surface area contributed by atoms with Crippen LogP contribution in [-0.4, -0.2) is 36.2 Å². The number of ether oxygens (including phenoxy) is 1. The summed E-state index contributed by atoms with van der Waals surface area (Å²) in [6.45, 7) is 6.10. The van der Waals surface area contributed by atoms with Gasteiger partial charge in [0.15, 0.2) is 0 Å². The van der Waals surface area contributed by atoms with Gasteiger partial charge in [0.05, 0.1) is 12.7 Å². The molecule has 0 radical (unpaired) electrons. The summed E-state index contributed by atoms with van der Waals surface area (Å²) >= 11 is 0. The largest absolute Gasteiger partial charge is 0.493 e. The maximum Gasteiger partial charge on any atom is 0.125 e. The number of benzene rings is 1. The summed E-state index contributed by atoms with van der Waals surface area (Å²) < 4.78 is 5.77. The van der Waals surface area contributed by atoms with E-state index in [1.807, 2.05) is 24.3 Å². The number of aliphatic hydroxyl groups excluding tert-OH is 1. The van der Waals surface area contributed by atoms with E-state index < -0.39 is 6.10 Å². The van der Waals surface area contributed by atoms with Gasteiger partial charge in [0, 0.05) is 12.1 Å². The zero-order chi connectivity index (χ0) is 12.8. The van der Waals surface area contributed by atoms with Gasteiger partial charge in [-0.15, -0.1) is 0 Å². The van der Waals surface area contributed by atoms with Crippen molar-refractivity contribution in [2.24, 2.45) is 0 Å². The van der Waals surface area contributed by atoms with Crippen molar-refractivity contribution in [1.29, 1.82) is 0 Å². The van der Waals surface area contributed by atoms with Crippen molar-refractivity contribution < 1.29 is 9.84 Å². The molecule has 1 aliphatic rings. The van der Waals surface area contributed by atoms with Crippen molar-refractivity contribution in [3.05, 3.63) is 29.8 Å². The Labute approximate surface area is 109 Å². The molecule has 1 saturated heterocycles. The van der Waals surface area contributed by atoms with Crippen LogP contribution in [0.15, 0.2) is 24.3 Å². The van der Waals surface area contributed by atoms with Gasteiger partial charge in [-0.2, -0.15) is 0 Å². The van der Waals surface area contributed by atoms with E-state index in [0.717, 1.165) is 30.9 Å². The smallest absolute Gasteiger partial charge is 0.125 e. The van der Waals surface area contributed by atoms with E-state index in [9.17, 15) is 5.11 Å². The quantitative estimate of drug-likeness (QED) is 0.787. The second-order valence-electron chi connectivity index (χ2n) is 4.96. The molecular formula is C15H23NO2. The predicted molar refractivity (Wildman–Crippen MR) is 72.9 cm³/mol. The van der Waals surface area contributed by atoms with Crippen LogP contribution in [0.1, 0.15) is 37.9 Å². The van der Waals surface area contributed by atoms with Gasteiger partial charge >= 0.3 is 0 Å². The van der Waals surface area contributed by atoms with E-state index in [4.69, 9.17) is 4.74 Å². The molecule has 3 heteroatoms. The van der Waals surface area contributed by atoms with Gasteiger partial charge in [0.2, 0.25) is 0 Å². The van der Waals surface area contributed by atoms with E-state index in [0.29, 0.717) is 0 Å². The molecule has 1 heterocycles. The van der Waals surface area contributed by atoms with Crippen molar-refractivity contribution in [2.45, 2.75) is 32.3 Å². The number of likely N-dealkylation sites (tertiary alicyclic amines) is 1. The highest BCUT2D eigenvalue weighted by atomic mass is 16.5. The maximum absolute atomic E-state index is 9.65. The predicted octanol–water partition coefficient (Wildman–Crippen LogP) is 2.60. The van der Waals surface area contributed by atoms with E-state index in [2.05, 4.69) is 4.90 Å². The van der Waals surface area contributed by atoms with Gasteiger partial charge in [-0.25, -0.2) is 0 Å². The van der Waals surface area contributed by atoms with Crippen LogP contribution >= 0.6 is 0 Å². The molecule has 2 rings (SSSR count). The zero-order valence-electron chi connectivity index (χ0n) is 11.1. The molecule has 100 valence electrons. The molecule has 18 heavy (non-hydrogen) atoms. The van der Waals surface area contributed by atoms with Crippen LogP contribution in [0.25, 0.3) is 0 Å². The van der Waals surface area contributed by atoms with Crippen molar-refractivity contribution in [2.75, 3.05) is 26.2 Å². The molecule has 0 aliphatic carbocycles. The van der Waals surface area contributed by atoms with E-state index in [1.165, 1.54) is 25.9 Å². The second-order valence-corrected chi connectivity index (χ2v) is 4.96. The SMILES string of the molecule is C[C@H](O)c1ccccc1OCCCN1CCCC1. The molecule has 0 spiro atoms. The van der Waals surface area contributed by atoms with Crippen LogP contribution in [0.5, 0.6) is 5.75 Å². The first kappa shape index (κ1) is 13.4. The molecular weight excluding hydrogens is 226 g/mol. The first-order valence-corrected chi connectivity index (χ1v) is 6.89. The summed E-state index contributed by atoms with van der Waals surface area (Å²) in [6, 6.07) is 7.72. The van der Waals surface area contributed by atoms with Gasteiger partial charge < -0.3 is 14.7 Å². The van der Waals surface area contributed by atoms with Gasteiger partial charge in [-0.1, -0.05) is 18.2 Å². The van der Waals surface area contributed by atoms with Gasteiger partial charge in [-0.05, 0) is 45.3 Å². The minimum atomic E-state index is -0.472. The fourth-order valence-electron chi connectivity index (χ4n) is 2.43. The molecule has 1 aromatic carbocycles. The summed E-state index contributed by atoms with van der Waals surface area (Å²) in [4.78, 5) is 2.49. The summed E-state index contributed by atoms with van der Waals surface area (Å²) in [5.74, 6) is 0.814. The number of rotatable bonds is 6. The van der Waals surface area contributed by atoms with E-state index in [1.54, 1.807) is 6.92 Å². The normalized spacial score (nSPS) is 17.9. The zero-order valence-corrected chi connectivity index (χ0v) is 11.1. The van der Waals surface area contributed by atoms with Crippen molar-refractivity contribution in [3.63, 3.8) is 0 Å². The minimum absolute atomic E-state index is 0.472. The monoisotopic (exact) mass is 249 g/mol. The molecule has 1 N–H and O–H groups in total. The third-order valence-corrected chi connectivity index (χ3v) is 3.44. The van der Waals surface area contributed by atoms with Gasteiger partial charge in [0.1, 0.15) is 5.75 Å². The lowest BCUT2D eigenvalue weighted by atomic mass is 10.1. The third-order valence-electron chi connectivity index (χ3n) is 3.44. The molecule has 1 fully saturated rings. The maximum atomic E-state index is 9.65. The highest BCUT2D eigenvalue weighted by molar-refractivity contribution is 5.34. The summed E-state index contributed by atoms with van der Waals surface area (Å²) in [5, 5.41) is 9.65. The highest BCUT2D eigenvalue weighted by Gasteiger charge is 2.11. The minimum Gasteiger partial charge on any atom is -0.493 e. The van der Waals surface area contributed by atoms with Gasteiger partial charge in [0.25, 0.3) is 0 Å². The Morgan fingerprint density at radius 2 is 2.00 bits per heavy atom. The third kappa shape index (κ3) is 3.72. The fraction of sp³-hybridized carbons (Fsp3) is 0.600. The van der Waals surface area contributed by atoms with Crippen molar-refractivity contribution in [3.8, 4) is 5.75 Å². The average molecular weight is 249 g/mol. The average Bonchev–Trinajstić information content (AvgIpc) is 2.88. The number of nitrogens with zero attached hydrogens (tertiary/aromatic N) is 1. The summed E-state index contributed by atoms with van der Waals surface area (Å²) in [7, 11) is 0. The first-order chi connectivity index (χ1) is 8.77. The Bertz CT molecular complexity index is 359. The molecule has 0 unspecified atom stereocenters. The number of hydrogen-bond donors (Lipinski definition) is 1. The summed E-state index contributed by atoms with van der Waals surface area (Å²) in [5.41, 5.74) is 0.874. The van der Waals surface area contributed by atoms with Crippen LogP contribution in [0.2, 0.25) is 0 Å². The Kier molecular flexibility index (Phi) is 5.02. The number of para-hydroxylation sites is 1. The molecule has 1 aliphatic heterocycles. The lowest BCUT2D eigenvalue weighted by Gasteiger charge is -2.16. The highest BCUT2D eigenvalue weighted by Crippen LogP contribution is 2.24. The fourth-order valence-corrected chi connectivity index (χ4v) is 2.43. The van der Waals surface area contributed by atoms with Crippen molar-refractivity contribution in [1.82, 2.24) is 4.90 Å². The lowest BCUT2D eigenvalue weighted by Crippen LogP contribution is -2.22. The first-order valence-electron chi connectivity index (χ1n) is 6.89. The molecule has 0 saturated carbocycles. The second kappa shape index (κ2) is 6.76. The van der Waals surface area contributed by atoms with Gasteiger partial charge in [-0.3, -0.25) is 0 Å². The molecule has 0 aromatic heterocycles.